The van der Waals surface area contributed by atoms with Crippen molar-refractivity contribution in [2.75, 3.05) is 21.3 Å². The number of halogens is 2. The van der Waals surface area contributed by atoms with E-state index < -0.39 is 10.2 Å². The van der Waals surface area contributed by atoms with E-state index in [0.29, 0.717) is 0 Å². The average Bonchev–Trinajstić information content (AvgIpc) is 3.44. The molecule has 9 heteroatoms. The van der Waals surface area contributed by atoms with E-state index in [1.165, 1.54) is 0 Å². The minimum Gasteiger partial charge on any atom is -0.414 e. The molecule has 1 aromatic heterocycles. The third kappa shape index (κ3) is 5.97. The summed E-state index contributed by atoms with van der Waals surface area (Å²) < 4.78 is 6.17. The number of anilines is 4. The lowest BCUT2D eigenvalue weighted by atomic mass is 10.2. The van der Waals surface area contributed by atoms with Gasteiger partial charge in [0.2, 0.25) is 0 Å². The van der Waals surface area contributed by atoms with E-state index in [9.17, 15) is 0 Å². The first-order valence-electron chi connectivity index (χ1n) is 11.6. The second-order valence-corrected chi connectivity index (χ2v) is 9.33. The summed E-state index contributed by atoms with van der Waals surface area (Å²) in [5.74, 6) is 0.151. The van der Waals surface area contributed by atoms with Crippen molar-refractivity contribution >= 4 is 46.0 Å². The Balaban J connectivity index is 1.52. The number of benzene rings is 4. The Morgan fingerprint density at radius 2 is 0.676 bits per heavy atom. The first-order valence-corrected chi connectivity index (χ1v) is 12.3. The molecule has 0 radical (unpaired) electrons. The molecule has 1 heterocycles. The first kappa shape index (κ1) is 24.5. The summed E-state index contributed by atoms with van der Waals surface area (Å²) in [5, 5.41) is 18.7. The van der Waals surface area contributed by atoms with Gasteiger partial charge in [-0.2, -0.15) is 0 Å². The van der Waals surface area contributed by atoms with Gasteiger partial charge in [0.05, 0.1) is 0 Å². The summed E-state index contributed by atoms with van der Waals surface area (Å²) >= 11 is 14.2. The number of para-hydroxylation sites is 4. The summed E-state index contributed by atoms with van der Waals surface area (Å²) in [6.07, 6.45) is 0. The fraction of sp³-hybridized carbons (Fsp3) is 0.0714. The van der Waals surface area contributed by atoms with Gasteiger partial charge in [-0.1, -0.05) is 96.0 Å². The third-order valence-electron chi connectivity index (χ3n) is 5.38. The van der Waals surface area contributed by atoms with Crippen LogP contribution in [0.25, 0.3) is 0 Å². The topological polar surface area (TPSA) is 87.0 Å². The summed E-state index contributed by atoms with van der Waals surface area (Å²) in [5.41, 5.74) is 3.01. The smallest absolute Gasteiger partial charge is 0.279 e. The van der Waals surface area contributed by atoms with Crippen LogP contribution in [0.1, 0.15) is 11.8 Å². The highest BCUT2D eigenvalue weighted by Crippen LogP contribution is 2.36. The molecular weight excluding hydrogens is 507 g/mol. The van der Waals surface area contributed by atoms with Crippen molar-refractivity contribution in [1.82, 2.24) is 10.2 Å². The van der Waals surface area contributed by atoms with Gasteiger partial charge < -0.3 is 25.7 Å². The second kappa shape index (κ2) is 10.8. The van der Waals surface area contributed by atoms with Crippen LogP contribution in [-0.2, 0) is 10.2 Å². The van der Waals surface area contributed by atoms with Crippen LogP contribution in [-0.4, -0.2) is 10.2 Å². The molecule has 0 spiro atoms. The molecule has 4 N–H and O–H groups in total. The third-order valence-corrected chi connectivity index (χ3v) is 6.08. The van der Waals surface area contributed by atoms with Gasteiger partial charge in [0, 0.05) is 22.7 Å². The van der Waals surface area contributed by atoms with Crippen LogP contribution >= 0.6 is 23.2 Å². The Kier molecular flexibility index (Phi) is 7.16. The van der Waals surface area contributed by atoms with E-state index in [1.807, 2.05) is 121 Å². The normalized spacial score (nSPS) is 11.5. The molecule has 186 valence electrons. The first-order chi connectivity index (χ1) is 18.0. The molecule has 5 rings (SSSR count). The second-order valence-electron chi connectivity index (χ2n) is 8.19. The molecule has 0 amide bonds. The Labute approximate surface area is 224 Å². The van der Waals surface area contributed by atoms with E-state index in [1.54, 1.807) is 0 Å². The number of aromatic nitrogens is 2. The molecule has 0 bridgehead atoms. The minimum absolute atomic E-state index is 0.0756. The highest BCUT2D eigenvalue weighted by atomic mass is 35.5. The molecule has 0 aliphatic rings. The maximum Gasteiger partial charge on any atom is 0.279 e. The zero-order valence-corrected chi connectivity index (χ0v) is 21.1. The van der Waals surface area contributed by atoms with Gasteiger partial charge in [0.25, 0.3) is 22.0 Å². The van der Waals surface area contributed by atoms with Crippen LogP contribution in [0.4, 0.5) is 22.7 Å². The molecule has 0 saturated carbocycles. The maximum absolute atomic E-state index is 7.12. The van der Waals surface area contributed by atoms with E-state index in [4.69, 9.17) is 27.6 Å². The Morgan fingerprint density at radius 1 is 0.432 bits per heavy atom. The molecule has 0 aliphatic carbocycles. The van der Waals surface area contributed by atoms with Crippen LogP contribution in [0, 0.1) is 0 Å². The monoisotopic (exact) mass is 530 g/mol. The SMILES string of the molecule is ClC(Nc1ccccc1)(Nc1ccccc1)c1nnc(C(Cl)(Nc2ccccc2)Nc2ccccc2)o1. The van der Waals surface area contributed by atoms with E-state index in [0.717, 1.165) is 22.7 Å². The molecular formula is C28H24Cl2N6O. The Bertz CT molecular complexity index is 1210. The van der Waals surface area contributed by atoms with Gasteiger partial charge in [-0.25, -0.2) is 0 Å². The lowest BCUT2D eigenvalue weighted by Gasteiger charge is -2.29. The van der Waals surface area contributed by atoms with Crippen molar-refractivity contribution in [2.24, 2.45) is 0 Å². The van der Waals surface area contributed by atoms with Gasteiger partial charge in [-0.3, -0.25) is 0 Å². The van der Waals surface area contributed by atoms with E-state index in [-0.39, 0.29) is 11.8 Å². The lowest BCUT2D eigenvalue weighted by molar-refractivity contribution is 0.401. The quantitative estimate of drug-likeness (QED) is 0.0860. The van der Waals surface area contributed by atoms with Crippen LogP contribution in [0.15, 0.2) is 126 Å². The number of hydrogen-bond acceptors (Lipinski definition) is 7. The molecule has 0 atom stereocenters. The van der Waals surface area contributed by atoms with Gasteiger partial charge in [-0.15, -0.1) is 10.2 Å². The molecule has 0 saturated heterocycles. The summed E-state index contributed by atoms with van der Waals surface area (Å²) in [6, 6.07) is 38.0. The van der Waals surface area contributed by atoms with Crippen LogP contribution in [0.5, 0.6) is 0 Å². The van der Waals surface area contributed by atoms with Gasteiger partial charge in [0.1, 0.15) is 0 Å². The zero-order valence-electron chi connectivity index (χ0n) is 19.6. The lowest BCUT2D eigenvalue weighted by Crippen LogP contribution is -2.39. The Morgan fingerprint density at radius 3 is 0.919 bits per heavy atom. The predicted molar refractivity (Wildman–Crippen MR) is 150 cm³/mol. The number of rotatable bonds is 10. The number of nitrogens with one attached hydrogen (secondary N) is 4. The standard InChI is InChI=1S/C28H24Cl2N6O/c29-27(31-21-13-5-1-6-14-21,32-22-15-7-2-8-16-22)25-35-36-26(37-25)28(30,33-23-17-9-3-10-18-23)34-24-19-11-4-12-20-24/h1-20,31-34H. The highest BCUT2D eigenvalue weighted by molar-refractivity contribution is 6.26. The van der Waals surface area contributed by atoms with Gasteiger partial charge >= 0.3 is 0 Å². The molecule has 5 aromatic rings. The maximum atomic E-state index is 7.12. The van der Waals surface area contributed by atoms with Crippen molar-refractivity contribution in [3.63, 3.8) is 0 Å². The summed E-state index contributed by atoms with van der Waals surface area (Å²) in [7, 11) is 0. The fourth-order valence-electron chi connectivity index (χ4n) is 3.66. The summed E-state index contributed by atoms with van der Waals surface area (Å²) in [6.45, 7) is 0. The van der Waals surface area contributed by atoms with Crippen molar-refractivity contribution in [1.29, 1.82) is 0 Å². The number of hydrogen-bond donors (Lipinski definition) is 4. The minimum atomic E-state index is -1.48. The molecule has 0 aliphatic heterocycles. The molecule has 4 aromatic carbocycles. The van der Waals surface area contributed by atoms with Crippen molar-refractivity contribution < 1.29 is 4.42 Å². The van der Waals surface area contributed by atoms with Gasteiger partial charge in [-0.05, 0) is 48.5 Å². The van der Waals surface area contributed by atoms with Gasteiger partial charge in [0.15, 0.2) is 0 Å². The van der Waals surface area contributed by atoms with Crippen LogP contribution < -0.4 is 21.3 Å². The van der Waals surface area contributed by atoms with Crippen molar-refractivity contribution in [3.8, 4) is 0 Å². The molecule has 0 unspecified atom stereocenters. The van der Waals surface area contributed by atoms with Crippen molar-refractivity contribution in [3.05, 3.63) is 133 Å². The Hall–Kier alpha value is -4.20. The average molecular weight is 531 g/mol. The van der Waals surface area contributed by atoms with Crippen LogP contribution in [0.3, 0.4) is 0 Å². The van der Waals surface area contributed by atoms with Crippen LogP contribution in [0.2, 0.25) is 0 Å². The molecule has 0 fully saturated rings. The molecule has 7 nitrogen and oxygen atoms in total. The fourth-order valence-corrected chi connectivity index (χ4v) is 4.25. The predicted octanol–water partition coefficient (Wildman–Crippen LogP) is 7.22. The highest BCUT2D eigenvalue weighted by Gasteiger charge is 2.41. The van der Waals surface area contributed by atoms with E-state index in [2.05, 4.69) is 31.5 Å². The number of alkyl halides is 2. The molecule has 37 heavy (non-hydrogen) atoms. The largest absolute Gasteiger partial charge is 0.414 e. The summed E-state index contributed by atoms with van der Waals surface area (Å²) in [4.78, 5) is 0. The number of nitrogens with zero attached hydrogens (tertiary/aromatic N) is 2. The van der Waals surface area contributed by atoms with E-state index >= 15 is 0 Å². The zero-order chi connectivity index (χ0) is 25.6. The van der Waals surface area contributed by atoms with Crippen molar-refractivity contribution in [2.45, 2.75) is 10.2 Å².